The van der Waals surface area contributed by atoms with E-state index in [0.717, 1.165) is 0 Å². The summed E-state index contributed by atoms with van der Waals surface area (Å²) in [5.41, 5.74) is 0. The van der Waals surface area contributed by atoms with Gasteiger partial charge in [0.1, 0.15) is 9.84 Å². The lowest BCUT2D eigenvalue weighted by Gasteiger charge is -2.11. The molecule has 7 heteroatoms. The van der Waals surface area contributed by atoms with E-state index in [1.54, 1.807) is 6.92 Å². The summed E-state index contributed by atoms with van der Waals surface area (Å²) in [5, 5.41) is 8.76. The first-order valence-electron chi connectivity index (χ1n) is 4.96. The minimum atomic E-state index is -2.92. The quantitative estimate of drug-likeness (QED) is 0.619. The van der Waals surface area contributed by atoms with Crippen molar-refractivity contribution in [2.24, 2.45) is 0 Å². The molecular weight excluding hydrogens is 252 g/mol. The molecule has 0 fully saturated rings. The first-order chi connectivity index (χ1) is 7.37. The average molecular weight is 270 g/mol. The van der Waals surface area contributed by atoms with Gasteiger partial charge in [-0.25, -0.2) is 13.2 Å². The van der Waals surface area contributed by atoms with E-state index >= 15 is 0 Å². The Morgan fingerprint density at radius 2 is 2.06 bits per heavy atom. The van der Waals surface area contributed by atoms with Crippen LogP contribution in [0.4, 0.5) is 0 Å². The Kier molecular flexibility index (Phi) is 7.78. The smallest absolute Gasteiger partial charge is 0.332 e. The number of carbonyl (C=O) groups is 1. The van der Waals surface area contributed by atoms with Gasteiger partial charge in [-0.3, -0.25) is 0 Å². The monoisotopic (exact) mass is 270 g/mol. The van der Waals surface area contributed by atoms with Crippen LogP contribution in [-0.2, 0) is 19.4 Å². The van der Waals surface area contributed by atoms with Crippen molar-refractivity contribution in [3.05, 3.63) is 0 Å². The van der Waals surface area contributed by atoms with E-state index in [1.807, 2.05) is 0 Å². The standard InChI is InChI=1S/C9H18O5S2/c1-3-14-8(9(10)11)4-5-15-6-7-16(2,12)13/h8H,3-7H2,1-2H3,(H,10,11). The van der Waals surface area contributed by atoms with Crippen LogP contribution >= 0.6 is 11.8 Å². The zero-order chi connectivity index (χ0) is 12.6. The Bertz CT molecular complexity index is 299. The molecule has 0 aliphatic rings. The maximum atomic E-state index is 10.8. The van der Waals surface area contributed by atoms with Gasteiger partial charge >= 0.3 is 5.97 Å². The largest absolute Gasteiger partial charge is 0.479 e. The minimum absolute atomic E-state index is 0.129. The molecule has 0 amide bonds. The fourth-order valence-electron chi connectivity index (χ4n) is 0.982. The molecule has 0 aromatic heterocycles. The summed E-state index contributed by atoms with van der Waals surface area (Å²) < 4.78 is 26.6. The summed E-state index contributed by atoms with van der Waals surface area (Å²) in [4.78, 5) is 10.7. The van der Waals surface area contributed by atoms with Crippen LogP contribution in [-0.4, -0.2) is 55.7 Å². The zero-order valence-corrected chi connectivity index (χ0v) is 11.1. The van der Waals surface area contributed by atoms with Crippen molar-refractivity contribution in [3.63, 3.8) is 0 Å². The molecule has 0 aliphatic heterocycles. The third-order valence-electron chi connectivity index (χ3n) is 1.77. The van der Waals surface area contributed by atoms with Gasteiger partial charge in [-0.2, -0.15) is 11.8 Å². The van der Waals surface area contributed by atoms with Gasteiger partial charge in [-0.15, -0.1) is 0 Å². The predicted octanol–water partition coefficient (Wildman–Crippen LogP) is 0.644. The van der Waals surface area contributed by atoms with E-state index in [-0.39, 0.29) is 5.75 Å². The fourth-order valence-corrected chi connectivity index (χ4v) is 3.25. The van der Waals surface area contributed by atoms with Gasteiger partial charge in [-0.05, 0) is 19.1 Å². The molecule has 0 bridgehead atoms. The van der Waals surface area contributed by atoms with Gasteiger partial charge in [0.15, 0.2) is 6.10 Å². The van der Waals surface area contributed by atoms with E-state index < -0.39 is 21.9 Å². The summed E-state index contributed by atoms with van der Waals surface area (Å²) in [5.74, 6) is 0.249. The second-order valence-electron chi connectivity index (χ2n) is 3.31. The van der Waals surface area contributed by atoms with E-state index in [4.69, 9.17) is 9.84 Å². The molecule has 0 heterocycles. The summed E-state index contributed by atoms with van der Waals surface area (Å²) >= 11 is 1.43. The molecule has 16 heavy (non-hydrogen) atoms. The topological polar surface area (TPSA) is 80.7 Å². The summed E-state index contributed by atoms with van der Waals surface area (Å²) in [6.45, 7) is 2.11. The second-order valence-corrected chi connectivity index (χ2v) is 6.80. The number of ether oxygens (including phenoxy) is 1. The van der Waals surface area contributed by atoms with Gasteiger partial charge in [0, 0.05) is 18.6 Å². The number of carboxylic acids is 1. The summed E-state index contributed by atoms with van der Waals surface area (Å²) in [7, 11) is -2.92. The van der Waals surface area contributed by atoms with Crippen LogP contribution in [0.2, 0.25) is 0 Å². The number of thioether (sulfide) groups is 1. The van der Waals surface area contributed by atoms with Gasteiger partial charge in [0.25, 0.3) is 0 Å². The molecule has 0 saturated carbocycles. The Morgan fingerprint density at radius 1 is 1.44 bits per heavy atom. The van der Waals surface area contributed by atoms with E-state index in [1.165, 1.54) is 18.0 Å². The van der Waals surface area contributed by atoms with Crippen molar-refractivity contribution in [2.45, 2.75) is 19.4 Å². The highest BCUT2D eigenvalue weighted by Crippen LogP contribution is 2.08. The minimum Gasteiger partial charge on any atom is -0.479 e. The van der Waals surface area contributed by atoms with Gasteiger partial charge in [0.2, 0.25) is 0 Å². The number of hydrogen-bond acceptors (Lipinski definition) is 5. The van der Waals surface area contributed by atoms with Crippen molar-refractivity contribution in [3.8, 4) is 0 Å². The molecule has 0 aromatic rings. The second kappa shape index (κ2) is 7.92. The lowest BCUT2D eigenvalue weighted by Crippen LogP contribution is -2.24. The first-order valence-corrected chi connectivity index (χ1v) is 8.18. The van der Waals surface area contributed by atoms with Crippen LogP contribution in [0.25, 0.3) is 0 Å². The Morgan fingerprint density at radius 3 is 2.50 bits per heavy atom. The molecule has 0 spiro atoms. The molecule has 0 rings (SSSR count). The van der Waals surface area contributed by atoms with Crippen molar-refractivity contribution in [1.29, 1.82) is 0 Å². The van der Waals surface area contributed by atoms with E-state index in [0.29, 0.717) is 24.5 Å². The van der Waals surface area contributed by atoms with Gasteiger partial charge in [-0.1, -0.05) is 0 Å². The highest BCUT2D eigenvalue weighted by Gasteiger charge is 2.16. The number of carboxylic acid groups (broad SMARTS) is 1. The van der Waals surface area contributed by atoms with E-state index in [9.17, 15) is 13.2 Å². The van der Waals surface area contributed by atoms with E-state index in [2.05, 4.69) is 0 Å². The molecule has 0 aromatic carbocycles. The van der Waals surface area contributed by atoms with Crippen LogP contribution < -0.4 is 0 Å². The van der Waals surface area contributed by atoms with Crippen molar-refractivity contribution < 1.29 is 23.1 Å². The molecule has 0 aliphatic carbocycles. The highest BCUT2D eigenvalue weighted by atomic mass is 32.2. The predicted molar refractivity (Wildman–Crippen MR) is 64.7 cm³/mol. The number of sulfone groups is 1. The fraction of sp³-hybridized carbons (Fsp3) is 0.889. The van der Waals surface area contributed by atoms with Crippen molar-refractivity contribution in [1.82, 2.24) is 0 Å². The van der Waals surface area contributed by atoms with Crippen molar-refractivity contribution in [2.75, 3.05) is 30.1 Å². The van der Waals surface area contributed by atoms with Gasteiger partial charge in [0.05, 0.1) is 5.75 Å². The Hall–Kier alpha value is -0.270. The molecular formula is C9H18O5S2. The molecule has 1 N–H and O–H groups in total. The third-order valence-corrected chi connectivity index (χ3v) is 3.99. The highest BCUT2D eigenvalue weighted by molar-refractivity contribution is 8.00. The van der Waals surface area contributed by atoms with Gasteiger partial charge < -0.3 is 9.84 Å². The normalized spacial score (nSPS) is 13.6. The molecule has 1 unspecified atom stereocenters. The van der Waals surface area contributed by atoms with Crippen LogP contribution in [0.15, 0.2) is 0 Å². The number of rotatable bonds is 9. The molecule has 96 valence electrons. The van der Waals surface area contributed by atoms with Crippen LogP contribution in [0.3, 0.4) is 0 Å². The average Bonchev–Trinajstić information content (AvgIpc) is 2.13. The Balaban J connectivity index is 3.67. The number of hydrogen-bond donors (Lipinski definition) is 1. The SMILES string of the molecule is CCOC(CCSCCS(C)(=O)=O)C(=O)O. The summed E-state index contributed by atoms with van der Waals surface area (Å²) in [6.07, 6.45) is 0.807. The maximum Gasteiger partial charge on any atom is 0.332 e. The molecule has 5 nitrogen and oxygen atoms in total. The lowest BCUT2D eigenvalue weighted by atomic mass is 10.3. The lowest BCUT2D eigenvalue weighted by molar-refractivity contribution is -0.150. The molecule has 0 saturated heterocycles. The third kappa shape index (κ3) is 8.99. The summed E-state index contributed by atoms with van der Waals surface area (Å²) in [6, 6.07) is 0. The van der Waals surface area contributed by atoms with Crippen LogP contribution in [0.5, 0.6) is 0 Å². The molecule has 0 radical (unpaired) electrons. The zero-order valence-electron chi connectivity index (χ0n) is 9.51. The van der Waals surface area contributed by atoms with Crippen LogP contribution in [0, 0.1) is 0 Å². The Labute approximate surface area is 100 Å². The first kappa shape index (κ1) is 15.7. The molecule has 1 atom stereocenters. The maximum absolute atomic E-state index is 10.8. The van der Waals surface area contributed by atoms with Crippen molar-refractivity contribution >= 4 is 27.6 Å². The number of aliphatic carboxylic acids is 1. The van der Waals surface area contributed by atoms with Crippen LogP contribution in [0.1, 0.15) is 13.3 Å².